The Bertz CT molecular complexity index is 1040. The minimum absolute atomic E-state index is 0.0744. The molecule has 1 N–H and O–H groups in total. The van der Waals surface area contributed by atoms with Crippen molar-refractivity contribution in [3.63, 3.8) is 0 Å². The number of H-pyrrole nitrogens is 1. The predicted octanol–water partition coefficient (Wildman–Crippen LogP) is 3.97. The van der Waals surface area contributed by atoms with Crippen molar-refractivity contribution in [2.45, 2.75) is 63.7 Å². The summed E-state index contributed by atoms with van der Waals surface area (Å²) in [5.41, 5.74) is 8.05. The van der Waals surface area contributed by atoms with Gasteiger partial charge in [-0.05, 0) is 84.7 Å². The van der Waals surface area contributed by atoms with Crippen LogP contribution in [0.15, 0.2) is 18.3 Å². The molecule has 1 saturated carbocycles. The molecule has 7 heteroatoms. The number of aromatic nitrogens is 6. The van der Waals surface area contributed by atoms with Crippen LogP contribution in [0.2, 0.25) is 0 Å². The summed E-state index contributed by atoms with van der Waals surface area (Å²) in [5, 5.41) is 15.2. The van der Waals surface area contributed by atoms with Crippen LogP contribution in [0.3, 0.4) is 0 Å². The van der Waals surface area contributed by atoms with Crippen LogP contribution in [-0.2, 0) is 23.0 Å². The fourth-order valence-corrected chi connectivity index (χ4v) is 5.15. The van der Waals surface area contributed by atoms with E-state index in [1.807, 2.05) is 13.1 Å². The lowest BCUT2D eigenvalue weighted by atomic mass is 9.65. The Balaban J connectivity index is 1.86. The van der Waals surface area contributed by atoms with Crippen LogP contribution in [0.5, 0.6) is 0 Å². The van der Waals surface area contributed by atoms with E-state index in [4.69, 9.17) is 9.72 Å². The zero-order chi connectivity index (χ0) is 20.6. The second kappa shape index (κ2) is 7.87. The van der Waals surface area contributed by atoms with Gasteiger partial charge >= 0.3 is 0 Å². The summed E-state index contributed by atoms with van der Waals surface area (Å²) in [4.78, 5) is 9.77. The summed E-state index contributed by atoms with van der Waals surface area (Å²) in [7, 11) is 1.78. The molecule has 3 aromatic heterocycles. The van der Waals surface area contributed by atoms with Crippen molar-refractivity contribution in [2.24, 2.45) is 0 Å². The molecule has 0 bridgehead atoms. The number of aromatic amines is 1. The number of methoxy groups -OCH3 is 1. The molecule has 3 heterocycles. The molecule has 30 heavy (non-hydrogen) atoms. The maximum atomic E-state index is 5.70. The van der Waals surface area contributed by atoms with Gasteiger partial charge in [-0.3, -0.25) is 9.97 Å². The monoisotopic (exact) mass is 404 g/mol. The van der Waals surface area contributed by atoms with E-state index < -0.39 is 0 Å². The van der Waals surface area contributed by atoms with Gasteiger partial charge < -0.3 is 4.74 Å². The van der Waals surface area contributed by atoms with Gasteiger partial charge in [0.25, 0.3) is 0 Å². The number of nitrogens with zero attached hydrogens (tertiary/aromatic N) is 5. The topological polar surface area (TPSA) is 89.5 Å². The van der Waals surface area contributed by atoms with E-state index in [9.17, 15) is 0 Å². The van der Waals surface area contributed by atoms with Gasteiger partial charge in [0.2, 0.25) is 0 Å². The van der Waals surface area contributed by atoms with Gasteiger partial charge in [0.1, 0.15) is 0 Å². The molecule has 0 atom stereocenters. The van der Waals surface area contributed by atoms with Crippen molar-refractivity contribution in [1.29, 1.82) is 0 Å². The van der Waals surface area contributed by atoms with Crippen LogP contribution in [0.25, 0.3) is 22.5 Å². The fourth-order valence-electron chi connectivity index (χ4n) is 5.15. The molecule has 0 spiro atoms. The van der Waals surface area contributed by atoms with E-state index in [0.29, 0.717) is 12.4 Å². The Labute approximate surface area is 176 Å². The third-order valence-electron chi connectivity index (χ3n) is 6.73. The van der Waals surface area contributed by atoms with E-state index in [2.05, 4.69) is 37.7 Å². The second-order valence-electron chi connectivity index (χ2n) is 8.70. The smallest absolute Gasteiger partial charge is 0.181 e. The number of fused-ring (bicyclic) bond motifs is 1. The highest BCUT2D eigenvalue weighted by Gasteiger charge is 2.44. The lowest BCUT2D eigenvalue weighted by Crippen LogP contribution is -2.40. The first-order chi connectivity index (χ1) is 14.7. The molecule has 156 valence electrons. The lowest BCUT2D eigenvalue weighted by molar-refractivity contribution is 0.0766. The predicted molar refractivity (Wildman–Crippen MR) is 114 cm³/mol. The van der Waals surface area contributed by atoms with Gasteiger partial charge in [0.05, 0.1) is 17.9 Å². The average Bonchev–Trinajstić information content (AvgIpc) is 3.14. The maximum absolute atomic E-state index is 5.70. The third-order valence-corrected chi connectivity index (χ3v) is 6.73. The van der Waals surface area contributed by atoms with E-state index in [0.717, 1.165) is 42.6 Å². The summed E-state index contributed by atoms with van der Waals surface area (Å²) >= 11 is 0. The highest BCUT2D eigenvalue weighted by molar-refractivity contribution is 5.86. The molecule has 2 aliphatic carbocycles. The first-order valence-electron chi connectivity index (χ1n) is 10.9. The summed E-state index contributed by atoms with van der Waals surface area (Å²) in [5.74, 6) is 0.691. The highest BCUT2D eigenvalue weighted by atomic mass is 16.5. The number of nitrogens with one attached hydrogen (secondary N) is 1. The van der Waals surface area contributed by atoms with Crippen LogP contribution >= 0.6 is 0 Å². The van der Waals surface area contributed by atoms with Crippen molar-refractivity contribution in [1.82, 2.24) is 30.6 Å². The molecule has 2 aliphatic rings. The molecule has 5 rings (SSSR count). The fraction of sp³-hybridized carbons (Fsp3) is 0.522. The molecule has 0 aromatic carbocycles. The van der Waals surface area contributed by atoms with Crippen molar-refractivity contribution in [2.75, 3.05) is 13.7 Å². The Hall–Kier alpha value is -2.67. The molecule has 0 aliphatic heterocycles. The largest absolute Gasteiger partial charge is 0.384 e. The molecule has 0 unspecified atom stereocenters. The SMILES string of the molecule is COCC1(c2nc3c(c(-c4ccnc(C)c4)c2-c2nnn[nH]2)CCCCC3)CCC1. The number of aryl methyl sites for hydroxylation is 2. The van der Waals surface area contributed by atoms with Crippen molar-refractivity contribution in [3.05, 3.63) is 41.0 Å². The van der Waals surface area contributed by atoms with E-state index in [1.54, 1.807) is 7.11 Å². The van der Waals surface area contributed by atoms with Gasteiger partial charge in [-0.1, -0.05) is 12.8 Å². The number of ether oxygens (including phenoxy) is 1. The molecule has 0 saturated heterocycles. The number of tetrazole rings is 1. The molecular weight excluding hydrogens is 376 g/mol. The van der Waals surface area contributed by atoms with Gasteiger partial charge in [0.15, 0.2) is 5.82 Å². The van der Waals surface area contributed by atoms with E-state index >= 15 is 0 Å². The molecule has 1 fully saturated rings. The second-order valence-corrected chi connectivity index (χ2v) is 8.70. The summed E-state index contributed by atoms with van der Waals surface area (Å²) in [6.45, 7) is 2.71. The summed E-state index contributed by atoms with van der Waals surface area (Å²) in [6, 6.07) is 4.27. The summed E-state index contributed by atoms with van der Waals surface area (Å²) < 4.78 is 5.70. The number of hydrogen-bond acceptors (Lipinski definition) is 6. The zero-order valence-corrected chi connectivity index (χ0v) is 17.7. The zero-order valence-electron chi connectivity index (χ0n) is 17.7. The number of pyridine rings is 2. The Morgan fingerprint density at radius 3 is 2.67 bits per heavy atom. The average molecular weight is 405 g/mol. The van der Waals surface area contributed by atoms with Gasteiger partial charge in [-0.15, -0.1) is 5.10 Å². The van der Waals surface area contributed by atoms with E-state index in [1.165, 1.54) is 48.1 Å². The highest BCUT2D eigenvalue weighted by Crippen LogP contribution is 2.50. The Kier molecular flexibility index (Phi) is 5.06. The van der Waals surface area contributed by atoms with Gasteiger partial charge in [-0.25, -0.2) is 5.10 Å². The Morgan fingerprint density at radius 2 is 1.97 bits per heavy atom. The van der Waals surface area contributed by atoms with Crippen LogP contribution in [0, 0.1) is 6.92 Å². The minimum atomic E-state index is -0.0744. The third kappa shape index (κ3) is 3.21. The molecule has 0 amide bonds. The van der Waals surface area contributed by atoms with Gasteiger partial charge in [-0.2, -0.15) is 0 Å². The van der Waals surface area contributed by atoms with Gasteiger partial charge in [0, 0.05) is 30.1 Å². The maximum Gasteiger partial charge on any atom is 0.181 e. The molecular formula is C23H28N6O. The van der Waals surface area contributed by atoms with Crippen LogP contribution in [0.4, 0.5) is 0 Å². The van der Waals surface area contributed by atoms with Crippen molar-refractivity contribution < 1.29 is 4.74 Å². The summed E-state index contributed by atoms with van der Waals surface area (Å²) in [6.07, 6.45) is 10.9. The van der Waals surface area contributed by atoms with E-state index in [-0.39, 0.29) is 5.41 Å². The molecule has 7 nitrogen and oxygen atoms in total. The minimum Gasteiger partial charge on any atom is -0.384 e. The quantitative estimate of drug-likeness (QED) is 0.647. The Morgan fingerprint density at radius 1 is 1.10 bits per heavy atom. The number of hydrogen-bond donors (Lipinski definition) is 1. The van der Waals surface area contributed by atoms with Crippen LogP contribution in [0.1, 0.15) is 61.2 Å². The van der Waals surface area contributed by atoms with Crippen LogP contribution in [-0.4, -0.2) is 44.3 Å². The lowest BCUT2D eigenvalue weighted by Gasteiger charge is -2.42. The molecule has 3 aromatic rings. The molecule has 0 radical (unpaired) electrons. The van der Waals surface area contributed by atoms with Crippen molar-refractivity contribution >= 4 is 0 Å². The normalized spacial score (nSPS) is 17.8. The van der Waals surface area contributed by atoms with Crippen LogP contribution < -0.4 is 0 Å². The first-order valence-corrected chi connectivity index (χ1v) is 10.9. The number of rotatable bonds is 5. The first kappa shape index (κ1) is 19.3. The van der Waals surface area contributed by atoms with Crippen molar-refractivity contribution in [3.8, 4) is 22.5 Å². The standard InChI is InChI=1S/C23H28N6O/c1-15-13-16(9-12-24-15)19-17-7-4-3-5-8-18(17)25-21(20(19)22-26-28-29-27-22)23(14-30-2)10-6-11-23/h9,12-13H,3-8,10-11,14H2,1-2H3,(H,26,27,28,29).